The topological polar surface area (TPSA) is 28.7 Å². The molecule has 0 saturated heterocycles. The molecule has 0 radical (unpaired) electrons. The SMILES string of the molecule is CC/C=C\c1nc(C)[nH]c1C. The van der Waals surface area contributed by atoms with Crippen molar-refractivity contribution in [3.05, 3.63) is 23.3 Å². The highest BCUT2D eigenvalue weighted by atomic mass is 14.9. The summed E-state index contributed by atoms with van der Waals surface area (Å²) in [5.41, 5.74) is 2.21. The Labute approximate surface area is 67.4 Å². The van der Waals surface area contributed by atoms with Gasteiger partial charge in [0.05, 0.1) is 5.69 Å². The van der Waals surface area contributed by atoms with E-state index in [4.69, 9.17) is 0 Å². The summed E-state index contributed by atoms with van der Waals surface area (Å²) in [6, 6.07) is 0. The van der Waals surface area contributed by atoms with Gasteiger partial charge in [0.1, 0.15) is 5.82 Å². The molecule has 2 heteroatoms. The molecule has 0 aliphatic rings. The normalized spacial score (nSPS) is 11.2. The minimum Gasteiger partial charge on any atom is -0.346 e. The predicted molar refractivity (Wildman–Crippen MR) is 47.4 cm³/mol. The number of rotatable bonds is 2. The first-order chi connectivity index (χ1) is 5.24. The summed E-state index contributed by atoms with van der Waals surface area (Å²) in [4.78, 5) is 7.46. The van der Waals surface area contributed by atoms with Gasteiger partial charge in [0, 0.05) is 5.69 Å². The van der Waals surface area contributed by atoms with Crippen LogP contribution in [-0.4, -0.2) is 9.97 Å². The summed E-state index contributed by atoms with van der Waals surface area (Å²) >= 11 is 0. The van der Waals surface area contributed by atoms with Crippen molar-refractivity contribution in [3.63, 3.8) is 0 Å². The summed E-state index contributed by atoms with van der Waals surface area (Å²) in [6.07, 6.45) is 5.23. The van der Waals surface area contributed by atoms with Crippen LogP contribution in [0.5, 0.6) is 0 Å². The van der Waals surface area contributed by atoms with Crippen molar-refractivity contribution >= 4 is 6.08 Å². The smallest absolute Gasteiger partial charge is 0.103 e. The predicted octanol–water partition coefficient (Wildman–Crippen LogP) is 2.45. The molecule has 1 N–H and O–H groups in total. The molecule has 1 rings (SSSR count). The lowest BCUT2D eigenvalue weighted by Gasteiger charge is -1.85. The number of nitrogens with one attached hydrogen (secondary N) is 1. The van der Waals surface area contributed by atoms with Crippen molar-refractivity contribution in [1.82, 2.24) is 9.97 Å². The molecule has 1 aromatic heterocycles. The molecule has 0 spiro atoms. The molecule has 0 amide bonds. The second kappa shape index (κ2) is 3.37. The number of allylic oxidation sites excluding steroid dienone is 1. The van der Waals surface area contributed by atoms with Gasteiger partial charge in [-0.2, -0.15) is 0 Å². The van der Waals surface area contributed by atoms with Gasteiger partial charge in [-0.1, -0.05) is 13.0 Å². The highest BCUT2D eigenvalue weighted by Gasteiger charge is 1.97. The van der Waals surface area contributed by atoms with Gasteiger partial charge < -0.3 is 4.98 Å². The molecule has 0 bridgehead atoms. The minimum absolute atomic E-state index is 0.984. The van der Waals surface area contributed by atoms with E-state index in [-0.39, 0.29) is 0 Å². The van der Waals surface area contributed by atoms with Gasteiger partial charge >= 0.3 is 0 Å². The third kappa shape index (κ3) is 1.93. The Hall–Kier alpha value is -1.05. The maximum atomic E-state index is 4.31. The number of imidazole rings is 1. The van der Waals surface area contributed by atoms with E-state index >= 15 is 0 Å². The van der Waals surface area contributed by atoms with Crippen molar-refractivity contribution in [2.75, 3.05) is 0 Å². The average Bonchev–Trinajstić information content (AvgIpc) is 2.26. The van der Waals surface area contributed by atoms with Gasteiger partial charge in [-0.05, 0) is 26.3 Å². The molecule has 1 aromatic rings. The Balaban J connectivity index is 2.85. The first-order valence-corrected chi connectivity index (χ1v) is 3.93. The molecule has 0 aromatic carbocycles. The van der Waals surface area contributed by atoms with Crippen molar-refractivity contribution < 1.29 is 0 Å². The first kappa shape index (κ1) is 8.05. The number of aromatic nitrogens is 2. The third-order valence-corrected chi connectivity index (χ3v) is 1.55. The van der Waals surface area contributed by atoms with E-state index in [1.165, 1.54) is 0 Å². The van der Waals surface area contributed by atoms with E-state index in [1.807, 2.05) is 13.8 Å². The van der Waals surface area contributed by atoms with Gasteiger partial charge in [-0.15, -0.1) is 0 Å². The molecule has 0 saturated carbocycles. The van der Waals surface area contributed by atoms with E-state index in [1.54, 1.807) is 0 Å². The van der Waals surface area contributed by atoms with Crippen molar-refractivity contribution in [2.24, 2.45) is 0 Å². The average molecular weight is 150 g/mol. The lowest BCUT2D eigenvalue weighted by molar-refractivity contribution is 1.13. The third-order valence-electron chi connectivity index (χ3n) is 1.55. The van der Waals surface area contributed by atoms with Crippen LogP contribution in [0.1, 0.15) is 30.6 Å². The largest absolute Gasteiger partial charge is 0.346 e. The summed E-state index contributed by atoms with van der Waals surface area (Å²) in [7, 11) is 0. The Morgan fingerprint density at radius 3 is 2.64 bits per heavy atom. The molecule has 60 valence electrons. The summed E-state index contributed by atoms with van der Waals surface area (Å²) in [5.74, 6) is 0.984. The number of aryl methyl sites for hydroxylation is 2. The summed E-state index contributed by atoms with van der Waals surface area (Å²) in [6.45, 7) is 6.12. The molecule has 0 unspecified atom stereocenters. The molecule has 0 aliphatic heterocycles. The second-order valence-electron chi connectivity index (χ2n) is 2.64. The Kier molecular flexibility index (Phi) is 2.47. The van der Waals surface area contributed by atoms with Gasteiger partial charge in [-0.25, -0.2) is 4.98 Å². The number of aromatic amines is 1. The molecule has 0 atom stereocenters. The quantitative estimate of drug-likeness (QED) is 0.689. The van der Waals surface area contributed by atoms with Crippen molar-refractivity contribution in [1.29, 1.82) is 0 Å². The Morgan fingerprint density at radius 1 is 1.45 bits per heavy atom. The fourth-order valence-corrected chi connectivity index (χ4v) is 1.02. The standard InChI is InChI=1S/C9H14N2/c1-4-5-6-9-7(2)10-8(3)11-9/h5-6H,4H2,1-3H3,(H,10,11)/b6-5-. The fraction of sp³-hybridized carbons (Fsp3) is 0.444. The number of H-pyrrole nitrogens is 1. The number of hydrogen-bond donors (Lipinski definition) is 1. The molecule has 0 aliphatic carbocycles. The van der Waals surface area contributed by atoms with E-state index in [2.05, 4.69) is 29.0 Å². The van der Waals surface area contributed by atoms with Gasteiger partial charge in [0.2, 0.25) is 0 Å². The molecular formula is C9H14N2. The molecule has 1 heterocycles. The van der Waals surface area contributed by atoms with Crippen LogP contribution in [0.4, 0.5) is 0 Å². The van der Waals surface area contributed by atoms with Crippen molar-refractivity contribution in [3.8, 4) is 0 Å². The summed E-state index contributed by atoms with van der Waals surface area (Å²) in [5, 5.41) is 0. The van der Waals surface area contributed by atoms with Crippen LogP contribution in [0.3, 0.4) is 0 Å². The highest BCUT2D eigenvalue weighted by molar-refractivity contribution is 5.47. The number of hydrogen-bond acceptors (Lipinski definition) is 1. The minimum atomic E-state index is 0.984. The second-order valence-corrected chi connectivity index (χ2v) is 2.64. The Bertz CT molecular complexity index is 259. The van der Waals surface area contributed by atoms with Gasteiger partial charge in [-0.3, -0.25) is 0 Å². The van der Waals surface area contributed by atoms with Gasteiger partial charge in [0.25, 0.3) is 0 Å². The van der Waals surface area contributed by atoms with Crippen LogP contribution in [0.2, 0.25) is 0 Å². The van der Waals surface area contributed by atoms with E-state index < -0.39 is 0 Å². The van der Waals surface area contributed by atoms with Crippen LogP contribution >= 0.6 is 0 Å². The van der Waals surface area contributed by atoms with Crippen LogP contribution in [-0.2, 0) is 0 Å². The zero-order valence-electron chi connectivity index (χ0n) is 7.31. The molecular weight excluding hydrogens is 136 g/mol. The highest BCUT2D eigenvalue weighted by Crippen LogP contribution is 2.06. The lowest BCUT2D eigenvalue weighted by Crippen LogP contribution is -1.74. The van der Waals surface area contributed by atoms with Crippen molar-refractivity contribution in [2.45, 2.75) is 27.2 Å². The van der Waals surface area contributed by atoms with Gasteiger partial charge in [0.15, 0.2) is 0 Å². The van der Waals surface area contributed by atoms with Crippen LogP contribution in [0.15, 0.2) is 6.08 Å². The van der Waals surface area contributed by atoms with Crippen LogP contribution < -0.4 is 0 Å². The first-order valence-electron chi connectivity index (χ1n) is 3.93. The lowest BCUT2D eigenvalue weighted by atomic mass is 10.3. The van der Waals surface area contributed by atoms with Crippen LogP contribution in [0, 0.1) is 13.8 Å². The zero-order valence-corrected chi connectivity index (χ0v) is 7.31. The molecule has 11 heavy (non-hydrogen) atoms. The number of nitrogens with zero attached hydrogens (tertiary/aromatic N) is 1. The van der Waals surface area contributed by atoms with E-state index in [9.17, 15) is 0 Å². The molecule has 0 fully saturated rings. The zero-order chi connectivity index (χ0) is 8.27. The molecule has 2 nitrogen and oxygen atoms in total. The maximum Gasteiger partial charge on any atom is 0.103 e. The monoisotopic (exact) mass is 150 g/mol. The van der Waals surface area contributed by atoms with Crippen LogP contribution in [0.25, 0.3) is 6.08 Å². The Morgan fingerprint density at radius 2 is 2.18 bits per heavy atom. The maximum absolute atomic E-state index is 4.31. The van der Waals surface area contributed by atoms with E-state index in [0.717, 1.165) is 23.6 Å². The summed E-state index contributed by atoms with van der Waals surface area (Å²) < 4.78 is 0. The van der Waals surface area contributed by atoms with E-state index in [0.29, 0.717) is 0 Å². The fourth-order valence-electron chi connectivity index (χ4n) is 1.02.